The number of hydrogen-bond donors (Lipinski definition) is 3. The molecule has 0 saturated carbocycles. The fourth-order valence-corrected chi connectivity index (χ4v) is 2.24. The van der Waals surface area contributed by atoms with Crippen molar-refractivity contribution in [2.75, 3.05) is 17.0 Å². The summed E-state index contributed by atoms with van der Waals surface area (Å²) in [5.41, 5.74) is 6.72. The summed E-state index contributed by atoms with van der Waals surface area (Å²) in [4.78, 5) is 3.93. The summed E-state index contributed by atoms with van der Waals surface area (Å²) in [6.45, 7) is 5.97. The van der Waals surface area contributed by atoms with E-state index < -0.39 is 10.2 Å². The van der Waals surface area contributed by atoms with Crippen LogP contribution in [0.2, 0.25) is 0 Å². The number of anilines is 2. The molecule has 0 bridgehead atoms. The lowest BCUT2D eigenvalue weighted by atomic mass is 10.2. The summed E-state index contributed by atoms with van der Waals surface area (Å²) in [6, 6.07) is 1.66. The Hall–Kier alpha value is -1.34. The average Bonchev–Trinajstić information content (AvgIpc) is 2.20. The lowest BCUT2D eigenvalue weighted by Crippen LogP contribution is -2.33. The number of nitrogens with zero attached hydrogens (tertiary/aromatic N) is 1. The maximum absolute atomic E-state index is 11.6. The molecule has 0 amide bonds. The Bertz CT molecular complexity index is 485. The second-order valence-electron chi connectivity index (χ2n) is 4.28. The lowest BCUT2D eigenvalue weighted by Gasteiger charge is -2.12. The van der Waals surface area contributed by atoms with Gasteiger partial charge in [-0.2, -0.15) is 13.1 Å². The summed E-state index contributed by atoms with van der Waals surface area (Å²) < 4.78 is 28.1. The second-order valence-corrected chi connectivity index (χ2v) is 5.78. The molecular formula is C10H18N4O2S. The van der Waals surface area contributed by atoms with Gasteiger partial charge in [0, 0.05) is 6.54 Å². The Kier molecular flexibility index (Phi) is 4.30. The second kappa shape index (κ2) is 5.33. The van der Waals surface area contributed by atoms with Crippen LogP contribution < -0.4 is 15.2 Å². The third-order valence-corrected chi connectivity index (χ3v) is 3.02. The number of aromatic nitrogens is 1. The molecule has 0 aromatic carbocycles. The molecule has 4 N–H and O–H groups in total. The first-order valence-electron chi connectivity index (χ1n) is 5.29. The first-order valence-corrected chi connectivity index (χ1v) is 6.78. The molecule has 0 saturated heterocycles. The zero-order valence-electron chi connectivity index (χ0n) is 10.2. The first kappa shape index (κ1) is 13.7. The molecule has 0 aliphatic carbocycles. The molecule has 0 spiro atoms. The van der Waals surface area contributed by atoms with Crippen LogP contribution in [0.3, 0.4) is 0 Å². The molecule has 0 unspecified atom stereocenters. The molecule has 1 rings (SSSR count). The van der Waals surface area contributed by atoms with Crippen molar-refractivity contribution in [3.63, 3.8) is 0 Å². The third-order valence-electron chi connectivity index (χ3n) is 2.01. The topological polar surface area (TPSA) is 97.1 Å². The number of rotatable bonds is 5. The van der Waals surface area contributed by atoms with E-state index in [9.17, 15) is 8.42 Å². The van der Waals surface area contributed by atoms with Gasteiger partial charge in [0.1, 0.15) is 5.82 Å². The Morgan fingerprint density at radius 2 is 2.12 bits per heavy atom. The van der Waals surface area contributed by atoms with Crippen LogP contribution in [0.25, 0.3) is 0 Å². The molecular weight excluding hydrogens is 240 g/mol. The van der Waals surface area contributed by atoms with Crippen LogP contribution in [0.1, 0.15) is 19.4 Å². The van der Waals surface area contributed by atoms with E-state index >= 15 is 0 Å². The van der Waals surface area contributed by atoms with E-state index in [0.29, 0.717) is 17.8 Å². The maximum atomic E-state index is 11.6. The van der Waals surface area contributed by atoms with Crippen molar-refractivity contribution in [1.82, 2.24) is 9.71 Å². The van der Waals surface area contributed by atoms with Crippen LogP contribution >= 0.6 is 0 Å². The zero-order valence-corrected chi connectivity index (χ0v) is 11.0. The molecule has 7 heteroatoms. The van der Waals surface area contributed by atoms with Crippen molar-refractivity contribution in [3.05, 3.63) is 17.8 Å². The number of aryl methyl sites for hydroxylation is 1. The summed E-state index contributed by atoms with van der Waals surface area (Å²) in [5, 5.41) is 0. The summed E-state index contributed by atoms with van der Waals surface area (Å²) >= 11 is 0. The SMILES string of the molecule is Cc1cc(N)cnc1NS(=O)(=O)NCC(C)C. The highest BCUT2D eigenvalue weighted by atomic mass is 32.2. The molecule has 0 atom stereocenters. The minimum atomic E-state index is -3.57. The van der Waals surface area contributed by atoms with Gasteiger partial charge < -0.3 is 5.73 Å². The zero-order chi connectivity index (χ0) is 13.1. The van der Waals surface area contributed by atoms with Crippen molar-refractivity contribution in [3.8, 4) is 0 Å². The van der Waals surface area contributed by atoms with Crippen molar-refractivity contribution in [2.45, 2.75) is 20.8 Å². The summed E-state index contributed by atoms with van der Waals surface area (Å²) in [5.74, 6) is 0.530. The fraction of sp³-hybridized carbons (Fsp3) is 0.500. The van der Waals surface area contributed by atoms with E-state index in [2.05, 4.69) is 14.4 Å². The van der Waals surface area contributed by atoms with Gasteiger partial charge in [-0.05, 0) is 24.5 Å². The van der Waals surface area contributed by atoms with Crippen LogP contribution in [0.5, 0.6) is 0 Å². The number of nitrogens with two attached hydrogens (primary N) is 1. The molecule has 6 nitrogen and oxygen atoms in total. The summed E-state index contributed by atoms with van der Waals surface area (Å²) in [7, 11) is -3.57. The average molecular weight is 258 g/mol. The van der Waals surface area contributed by atoms with Crippen molar-refractivity contribution >= 4 is 21.7 Å². The number of hydrogen-bond acceptors (Lipinski definition) is 4. The van der Waals surface area contributed by atoms with Crippen LogP contribution in [-0.2, 0) is 10.2 Å². The molecule has 0 aliphatic rings. The molecule has 1 aromatic rings. The van der Waals surface area contributed by atoms with Gasteiger partial charge in [-0.1, -0.05) is 13.8 Å². The van der Waals surface area contributed by atoms with Gasteiger partial charge in [0.05, 0.1) is 11.9 Å². The molecule has 1 heterocycles. The quantitative estimate of drug-likeness (QED) is 0.730. The van der Waals surface area contributed by atoms with E-state index in [-0.39, 0.29) is 11.7 Å². The van der Waals surface area contributed by atoms with Crippen LogP contribution in [0, 0.1) is 12.8 Å². The van der Waals surface area contributed by atoms with Gasteiger partial charge in [0.25, 0.3) is 10.2 Å². The van der Waals surface area contributed by atoms with E-state index in [0.717, 1.165) is 0 Å². The highest BCUT2D eigenvalue weighted by molar-refractivity contribution is 7.90. The van der Waals surface area contributed by atoms with Crippen molar-refractivity contribution < 1.29 is 8.42 Å². The number of pyridine rings is 1. The fourth-order valence-electron chi connectivity index (χ4n) is 1.14. The van der Waals surface area contributed by atoms with Gasteiger partial charge in [0.15, 0.2) is 0 Å². The highest BCUT2D eigenvalue weighted by Gasteiger charge is 2.12. The van der Waals surface area contributed by atoms with Gasteiger partial charge in [0.2, 0.25) is 0 Å². The number of nitrogens with one attached hydrogen (secondary N) is 2. The molecule has 1 aromatic heterocycles. The van der Waals surface area contributed by atoms with Crippen molar-refractivity contribution in [2.24, 2.45) is 5.92 Å². The van der Waals surface area contributed by atoms with E-state index in [1.807, 2.05) is 13.8 Å². The molecule has 96 valence electrons. The van der Waals surface area contributed by atoms with E-state index in [1.54, 1.807) is 13.0 Å². The normalized spacial score (nSPS) is 11.8. The van der Waals surface area contributed by atoms with E-state index in [1.165, 1.54) is 6.20 Å². The predicted octanol–water partition coefficient (Wildman–Crippen LogP) is 0.875. The Labute approximate surface area is 102 Å². The smallest absolute Gasteiger partial charge is 0.300 e. The Balaban J connectivity index is 2.76. The largest absolute Gasteiger partial charge is 0.397 e. The monoisotopic (exact) mass is 258 g/mol. The lowest BCUT2D eigenvalue weighted by molar-refractivity contribution is 0.564. The Morgan fingerprint density at radius 1 is 1.47 bits per heavy atom. The molecule has 17 heavy (non-hydrogen) atoms. The minimum absolute atomic E-state index is 0.243. The van der Waals surface area contributed by atoms with Crippen LogP contribution in [0.4, 0.5) is 11.5 Å². The Morgan fingerprint density at radius 3 is 2.65 bits per heavy atom. The molecule has 0 aliphatic heterocycles. The van der Waals surface area contributed by atoms with Gasteiger partial charge in [-0.3, -0.25) is 4.72 Å². The molecule has 0 fully saturated rings. The van der Waals surface area contributed by atoms with Gasteiger partial charge in [-0.25, -0.2) is 4.98 Å². The maximum Gasteiger partial charge on any atom is 0.300 e. The van der Waals surface area contributed by atoms with Crippen LogP contribution in [0.15, 0.2) is 12.3 Å². The molecule has 0 radical (unpaired) electrons. The van der Waals surface area contributed by atoms with Gasteiger partial charge >= 0.3 is 0 Å². The van der Waals surface area contributed by atoms with Gasteiger partial charge in [-0.15, -0.1) is 0 Å². The van der Waals surface area contributed by atoms with Crippen molar-refractivity contribution in [1.29, 1.82) is 0 Å². The summed E-state index contributed by atoms with van der Waals surface area (Å²) in [6.07, 6.45) is 1.41. The predicted molar refractivity (Wildman–Crippen MR) is 68.8 cm³/mol. The van der Waals surface area contributed by atoms with E-state index in [4.69, 9.17) is 5.73 Å². The third kappa shape index (κ3) is 4.58. The number of nitrogen functional groups attached to an aromatic ring is 1. The highest BCUT2D eigenvalue weighted by Crippen LogP contribution is 2.14. The standard InChI is InChI=1S/C10H18N4O2S/c1-7(2)5-13-17(15,16)14-10-8(3)4-9(11)6-12-10/h4,6-7,13H,5,11H2,1-3H3,(H,12,14). The van der Waals surface area contributed by atoms with Crippen LogP contribution in [-0.4, -0.2) is 19.9 Å². The minimum Gasteiger partial charge on any atom is -0.397 e. The first-order chi connectivity index (χ1) is 7.80.